The third-order valence-electron chi connectivity index (χ3n) is 5.62. The van der Waals surface area contributed by atoms with Crippen molar-refractivity contribution in [3.63, 3.8) is 0 Å². The zero-order valence-corrected chi connectivity index (χ0v) is 17.0. The second-order valence-corrected chi connectivity index (χ2v) is 8.09. The Labute approximate surface area is 166 Å². The maximum atomic E-state index is 12.4. The number of piperidine rings is 3. The molecule has 3 heterocycles. The van der Waals surface area contributed by atoms with Crippen molar-refractivity contribution in [1.82, 2.24) is 0 Å². The Hall–Kier alpha value is -2.15. The lowest BCUT2D eigenvalue weighted by atomic mass is 9.85. The Balaban J connectivity index is 1.84. The molecule has 0 unspecified atom stereocenters. The molecule has 0 atom stereocenters. The van der Waals surface area contributed by atoms with Crippen molar-refractivity contribution in [2.75, 3.05) is 39.4 Å². The first kappa shape index (κ1) is 22.1. The van der Waals surface area contributed by atoms with Crippen LogP contribution in [-0.2, 0) is 28.6 Å². The third-order valence-corrected chi connectivity index (χ3v) is 5.62. The van der Waals surface area contributed by atoms with Crippen LogP contribution in [0.2, 0.25) is 0 Å². The van der Waals surface area contributed by atoms with Gasteiger partial charge in [0.2, 0.25) is 0 Å². The van der Waals surface area contributed by atoms with Gasteiger partial charge in [0.05, 0.1) is 32.6 Å². The predicted octanol–water partition coefficient (Wildman–Crippen LogP) is 2.16. The molecule has 0 aromatic heterocycles. The maximum Gasteiger partial charge on any atom is 0.333 e. The van der Waals surface area contributed by atoms with Gasteiger partial charge in [0.25, 0.3) is 0 Å². The van der Waals surface area contributed by atoms with Crippen LogP contribution in [0.1, 0.15) is 39.5 Å². The molecule has 28 heavy (non-hydrogen) atoms. The molecule has 0 aromatic rings. The molecule has 0 saturated carbocycles. The van der Waals surface area contributed by atoms with Gasteiger partial charge in [-0.1, -0.05) is 13.2 Å². The molecule has 3 aliphatic heterocycles. The number of quaternary nitrogens is 1. The van der Waals surface area contributed by atoms with Gasteiger partial charge in [0, 0.05) is 11.1 Å². The van der Waals surface area contributed by atoms with Crippen molar-refractivity contribution < 1.29 is 33.1 Å². The number of carbonyl (C=O) groups is 3. The molecule has 3 saturated heterocycles. The molecule has 0 aliphatic carbocycles. The summed E-state index contributed by atoms with van der Waals surface area (Å²) in [5, 5.41) is 0. The zero-order valence-electron chi connectivity index (χ0n) is 17.0. The van der Waals surface area contributed by atoms with E-state index in [4.69, 9.17) is 14.2 Å². The van der Waals surface area contributed by atoms with Gasteiger partial charge in [0.15, 0.2) is 6.10 Å². The summed E-state index contributed by atoms with van der Waals surface area (Å²) in [6, 6.07) is 0. The van der Waals surface area contributed by atoms with E-state index in [2.05, 4.69) is 13.2 Å². The van der Waals surface area contributed by atoms with Gasteiger partial charge in [-0.25, -0.2) is 9.59 Å². The van der Waals surface area contributed by atoms with Crippen molar-refractivity contribution in [2.45, 2.75) is 45.6 Å². The van der Waals surface area contributed by atoms with Crippen LogP contribution in [0.15, 0.2) is 24.3 Å². The minimum absolute atomic E-state index is 0.192. The monoisotopic (exact) mass is 394 g/mol. The van der Waals surface area contributed by atoms with Gasteiger partial charge in [0.1, 0.15) is 13.2 Å². The van der Waals surface area contributed by atoms with E-state index in [1.807, 2.05) is 0 Å². The molecule has 3 fully saturated rings. The van der Waals surface area contributed by atoms with E-state index < -0.39 is 18.0 Å². The third kappa shape index (κ3) is 6.48. The van der Waals surface area contributed by atoms with Crippen molar-refractivity contribution in [3.8, 4) is 0 Å². The van der Waals surface area contributed by atoms with Crippen LogP contribution in [0.4, 0.5) is 0 Å². The number of ether oxygens (including phenoxy) is 3. The van der Waals surface area contributed by atoms with Crippen molar-refractivity contribution in [2.24, 2.45) is 5.92 Å². The van der Waals surface area contributed by atoms with E-state index in [0.29, 0.717) is 6.42 Å². The summed E-state index contributed by atoms with van der Waals surface area (Å²) < 4.78 is 16.6. The molecule has 7 heteroatoms. The highest BCUT2D eigenvalue weighted by Gasteiger charge is 2.39. The molecule has 0 radical (unpaired) electrons. The van der Waals surface area contributed by atoms with Gasteiger partial charge in [-0.2, -0.15) is 0 Å². The van der Waals surface area contributed by atoms with E-state index >= 15 is 0 Å². The molecular weight excluding hydrogens is 362 g/mol. The van der Waals surface area contributed by atoms with Gasteiger partial charge >= 0.3 is 17.9 Å². The molecule has 2 bridgehead atoms. The fourth-order valence-electron chi connectivity index (χ4n) is 3.75. The lowest BCUT2D eigenvalue weighted by molar-refractivity contribution is -0.942. The standard InChI is InChI=1S/C21H32NO6/c1-15(2)20(24)26-13-18(14-27-21(25)16(3)4)28-19(23)8-12-22-9-5-17(6-10-22)7-11-22/h17-18H,1,3,5-14H2,2,4H3/q+1. The fourth-order valence-corrected chi connectivity index (χ4v) is 3.75. The molecule has 0 spiro atoms. The highest BCUT2D eigenvalue weighted by Crippen LogP contribution is 2.33. The number of hydrogen-bond acceptors (Lipinski definition) is 6. The summed E-state index contributed by atoms with van der Waals surface area (Å²) in [6.07, 6.45) is 3.16. The van der Waals surface area contributed by atoms with E-state index in [1.165, 1.54) is 33.1 Å². The molecule has 0 amide bonds. The topological polar surface area (TPSA) is 78.9 Å². The average Bonchev–Trinajstić information content (AvgIpc) is 2.69. The van der Waals surface area contributed by atoms with Crippen molar-refractivity contribution in [1.29, 1.82) is 0 Å². The largest absolute Gasteiger partial charge is 0.458 e. The normalized spacial score (nSPS) is 23.2. The van der Waals surface area contributed by atoms with Crippen LogP contribution in [0.3, 0.4) is 0 Å². The van der Waals surface area contributed by atoms with Crippen LogP contribution in [0.5, 0.6) is 0 Å². The highest BCUT2D eigenvalue weighted by molar-refractivity contribution is 5.87. The number of rotatable bonds is 10. The van der Waals surface area contributed by atoms with Crippen LogP contribution >= 0.6 is 0 Å². The second kappa shape index (κ2) is 9.87. The van der Waals surface area contributed by atoms with E-state index in [1.54, 1.807) is 0 Å². The number of esters is 3. The summed E-state index contributed by atoms with van der Waals surface area (Å²) in [7, 11) is 0. The number of hydrogen-bond donors (Lipinski definition) is 0. The quantitative estimate of drug-likeness (QED) is 0.245. The molecule has 3 rings (SSSR count). The van der Waals surface area contributed by atoms with Crippen molar-refractivity contribution >= 4 is 17.9 Å². The smallest absolute Gasteiger partial charge is 0.333 e. The highest BCUT2D eigenvalue weighted by atomic mass is 16.6. The Morgan fingerprint density at radius 3 is 1.82 bits per heavy atom. The number of fused-ring (bicyclic) bond motifs is 3. The zero-order chi connectivity index (χ0) is 20.7. The van der Waals surface area contributed by atoms with Gasteiger partial charge < -0.3 is 18.7 Å². The summed E-state index contributed by atoms with van der Waals surface area (Å²) in [4.78, 5) is 35.6. The van der Waals surface area contributed by atoms with Gasteiger partial charge in [-0.05, 0) is 39.0 Å². The molecular formula is C21H32NO6+. The Kier molecular flexibility index (Phi) is 7.80. The summed E-state index contributed by atoms with van der Waals surface area (Å²) in [5.41, 5.74) is 0.488. The predicted molar refractivity (Wildman–Crippen MR) is 103 cm³/mol. The van der Waals surface area contributed by atoms with Crippen LogP contribution in [-0.4, -0.2) is 67.9 Å². The Morgan fingerprint density at radius 1 is 0.929 bits per heavy atom. The molecule has 0 aromatic carbocycles. The molecule has 7 nitrogen and oxygen atoms in total. The molecule has 3 aliphatic rings. The van der Waals surface area contributed by atoms with Crippen LogP contribution in [0.25, 0.3) is 0 Å². The van der Waals surface area contributed by atoms with E-state index in [-0.39, 0.29) is 30.3 Å². The van der Waals surface area contributed by atoms with Gasteiger partial charge in [-0.15, -0.1) is 0 Å². The lowest BCUT2D eigenvalue weighted by Gasteiger charge is -2.49. The van der Waals surface area contributed by atoms with Crippen LogP contribution < -0.4 is 0 Å². The Morgan fingerprint density at radius 2 is 1.39 bits per heavy atom. The van der Waals surface area contributed by atoms with Crippen molar-refractivity contribution in [3.05, 3.63) is 24.3 Å². The minimum Gasteiger partial charge on any atom is -0.458 e. The van der Waals surface area contributed by atoms with Gasteiger partial charge in [-0.3, -0.25) is 4.79 Å². The molecule has 0 N–H and O–H groups in total. The first-order valence-corrected chi connectivity index (χ1v) is 9.90. The first-order valence-electron chi connectivity index (χ1n) is 9.90. The van der Waals surface area contributed by atoms with Crippen LogP contribution in [0, 0.1) is 5.92 Å². The lowest BCUT2D eigenvalue weighted by Crippen LogP contribution is -2.58. The summed E-state index contributed by atoms with van der Waals surface area (Å²) >= 11 is 0. The van der Waals surface area contributed by atoms with E-state index in [0.717, 1.165) is 36.6 Å². The summed E-state index contributed by atoms with van der Waals surface area (Å²) in [6.45, 7) is 13.9. The summed E-state index contributed by atoms with van der Waals surface area (Å²) in [5.74, 6) is -0.672. The number of nitrogens with zero attached hydrogens (tertiary/aromatic N) is 1. The SMILES string of the molecule is C=C(C)C(=O)OCC(COC(=O)C(=C)C)OC(=O)CC[N+]12CCC(CC1)CC2. The minimum atomic E-state index is -0.855. The maximum absolute atomic E-state index is 12.4. The second-order valence-electron chi connectivity index (χ2n) is 8.09. The molecule has 156 valence electrons. The fraction of sp³-hybridized carbons (Fsp3) is 0.667. The Bertz CT molecular complexity index is 589. The van der Waals surface area contributed by atoms with E-state index in [9.17, 15) is 14.4 Å². The number of carbonyl (C=O) groups excluding carboxylic acids is 3. The first-order chi connectivity index (χ1) is 13.2. The average molecular weight is 394 g/mol.